The molecule has 4 heteroatoms. The highest BCUT2D eigenvalue weighted by atomic mass is 16.3. The van der Waals surface area contributed by atoms with Crippen molar-refractivity contribution < 1.29 is 4.42 Å². The van der Waals surface area contributed by atoms with E-state index in [1.54, 1.807) is 0 Å². The SMILES string of the molecule is c1ccc(-c2ccc(-c3nc(-c4ccc(-c5ccccc5)cc4)nc(-c4cccc5c(-c6cc(-c7ccccc7)cc7oc8ccccc8c67)cccc45)n3)cc2)cc1. The van der Waals surface area contributed by atoms with E-state index < -0.39 is 0 Å². The van der Waals surface area contributed by atoms with Crippen LogP contribution < -0.4 is 0 Å². The second-order valence-electron chi connectivity index (χ2n) is 14.8. The Hall–Kier alpha value is -7.95. The smallest absolute Gasteiger partial charge is 0.164 e. The average molecular weight is 754 g/mol. The molecule has 0 aliphatic carbocycles. The summed E-state index contributed by atoms with van der Waals surface area (Å²) in [5, 5.41) is 4.34. The van der Waals surface area contributed by atoms with Gasteiger partial charge in [-0.3, -0.25) is 0 Å². The lowest BCUT2D eigenvalue weighted by molar-refractivity contribution is 0.669. The predicted molar refractivity (Wildman–Crippen MR) is 243 cm³/mol. The quantitative estimate of drug-likeness (QED) is 0.163. The minimum atomic E-state index is 0.615. The second-order valence-corrected chi connectivity index (χ2v) is 14.8. The monoisotopic (exact) mass is 753 g/mol. The van der Waals surface area contributed by atoms with Crippen molar-refractivity contribution in [3.05, 3.63) is 212 Å². The van der Waals surface area contributed by atoms with Gasteiger partial charge in [0.2, 0.25) is 0 Å². The summed E-state index contributed by atoms with van der Waals surface area (Å²) in [6, 6.07) is 74.0. The molecule has 0 bridgehead atoms. The number of furan rings is 1. The maximum atomic E-state index is 6.53. The Kier molecular flexibility index (Phi) is 8.45. The lowest BCUT2D eigenvalue weighted by Gasteiger charge is -2.14. The summed E-state index contributed by atoms with van der Waals surface area (Å²) in [5.41, 5.74) is 13.6. The zero-order valence-corrected chi connectivity index (χ0v) is 32.0. The molecule has 0 aliphatic rings. The van der Waals surface area contributed by atoms with Crippen LogP contribution in [0.3, 0.4) is 0 Å². The molecule has 0 fully saturated rings. The van der Waals surface area contributed by atoms with Gasteiger partial charge in [0.05, 0.1) is 0 Å². The molecule has 59 heavy (non-hydrogen) atoms. The molecule has 0 aliphatic heterocycles. The van der Waals surface area contributed by atoms with Crippen LogP contribution in [-0.2, 0) is 0 Å². The number of aromatic nitrogens is 3. The highest BCUT2D eigenvalue weighted by Crippen LogP contribution is 2.43. The Balaban J connectivity index is 1.09. The molecule has 11 rings (SSSR count). The second kappa shape index (κ2) is 14.5. The minimum Gasteiger partial charge on any atom is -0.456 e. The first-order chi connectivity index (χ1) is 29.2. The van der Waals surface area contributed by atoms with Gasteiger partial charge in [0.1, 0.15) is 11.2 Å². The third kappa shape index (κ3) is 6.34. The zero-order valence-electron chi connectivity index (χ0n) is 32.0. The van der Waals surface area contributed by atoms with Gasteiger partial charge in [0.15, 0.2) is 17.5 Å². The number of nitrogens with zero attached hydrogens (tertiary/aromatic N) is 3. The molecule has 0 radical (unpaired) electrons. The van der Waals surface area contributed by atoms with Crippen LogP contribution in [0.25, 0.3) is 111 Å². The Bertz CT molecular complexity index is 3180. The van der Waals surface area contributed by atoms with Crippen molar-refractivity contribution in [2.45, 2.75) is 0 Å². The molecule has 2 aromatic heterocycles. The zero-order chi connectivity index (χ0) is 39.1. The summed E-state index contributed by atoms with van der Waals surface area (Å²) in [5.74, 6) is 1.85. The maximum absolute atomic E-state index is 6.53. The standard InChI is InChI=1S/C55H35N3O/c1-4-14-36(15-5-1)39-26-30-41(31-27-39)53-56-54(42-32-28-40(29-33-42)37-16-6-2-7-17-37)58-55(57-53)47-24-13-21-44-45(47)22-12-23-46(44)49-34-43(38-18-8-3-9-19-38)35-51-52(49)48-20-10-11-25-50(48)59-51/h1-35H. The van der Waals surface area contributed by atoms with E-state index >= 15 is 0 Å². The van der Waals surface area contributed by atoms with Crippen LogP contribution >= 0.6 is 0 Å². The molecule has 276 valence electrons. The van der Waals surface area contributed by atoms with Crippen molar-refractivity contribution in [1.82, 2.24) is 15.0 Å². The topological polar surface area (TPSA) is 51.8 Å². The van der Waals surface area contributed by atoms with Crippen LogP contribution in [0.2, 0.25) is 0 Å². The Morgan fingerprint density at radius 2 is 0.678 bits per heavy atom. The fourth-order valence-electron chi connectivity index (χ4n) is 8.24. The molecule has 2 heterocycles. The number of para-hydroxylation sites is 1. The van der Waals surface area contributed by atoms with Crippen molar-refractivity contribution in [3.8, 4) is 78.7 Å². The van der Waals surface area contributed by atoms with E-state index in [1.165, 1.54) is 0 Å². The first-order valence-corrected chi connectivity index (χ1v) is 19.8. The van der Waals surface area contributed by atoms with Crippen LogP contribution in [0.4, 0.5) is 0 Å². The Morgan fingerprint density at radius 3 is 1.25 bits per heavy atom. The Morgan fingerprint density at radius 1 is 0.254 bits per heavy atom. The molecule has 11 aromatic rings. The van der Waals surface area contributed by atoms with Crippen molar-refractivity contribution in [2.75, 3.05) is 0 Å². The molecular formula is C55H35N3O. The molecule has 0 unspecified atom stereocenters. The average Bonchev–Trinajstić information content (AvgIpc) is 3.70. The van der Waals surface area contributed by atoms with E-state index in [2.05, 4.69) is 182 Å². The highest BCUT2D eigenvalue weighted by molar-refractivity contribution is 6.17. The van der Waals surface area contributed by atoms with Gasteiger partial charge in [-0.2, -0.15) is 0 Å². The first-order valence-electron chi connectivity index (χ1n) is 19.8. The summed E-state index contributed by atoms with van der Waals surface area (Å²) in [4.78, 5) is 15.5. The van der Waals surface area contributed by atoms with Gasteiger partial charge in [-0.05, 0) is 73.5 Å². The van der Waals surface area contributed by atoms with E-state index in [0.717, 1.165) is 93.9 Å². The molecule has 4 nitrogen and oxygen atoms in total. The molecule has 0 N–H and O–H groups in total. The van der Waals surface area contributed by atoms with Crippen LogP contribution in [-0.4, -0.2) is 15.0 Å². The number of hydrogen-bond donors (Lipinski definition) is 0. The summed E-state index contributed by atoms with van der Waals surface area (Å²) < 4.78 is 6.53. The van der Waals surface area contributed by atoms with Crippen LogP contribution in [0.5, 0.6) is 0 Å². The highest BCUT2D eigenvalue weighted by Gasteiger charge is 2.19. The molecule has 0 atom stereocenters. The van der Waals surface area contributed by atoms with Crippen molar-refractivity contribution >= 4 is 32.7 Å². The Labute approximate surface area is 341 Å². The summed E-state index contributed by atoms with van der Waals surface area (Å²) in [6.07, 6.45) is 0. The number of rotatable bonds is 7. The van der Waals surface area contributed by atoms with Crippen LogP contribution in [0.1, 0.15) is 0 Å². The van der Waals surface area contributed by atoms with E-state index in [9.17, 15) is 0 Å². The molecule has 0 amide bonds. The van der Waals surface area contributed by atoms with Gasteiger partial charge < -0.3 is 4.42 Å². The maximum Gasteiger partial charge on any atom is 0.164 e. The predicted octanol–water partition coefficient (Wildman–Crippen LogP) is 14.6. The minimum absolute atomic E-state index is 0.615. The van der Waals surface area contributed by atoms with E-state index in [-0.39, 0.29) is 0 Å². The number of benzene rings is 9. The van der Waals surface area contributed by atoms with Crippen molar-refractivity contribution in [1.29, 1.82) is 0 Å². The van der Waals surface area contributed by atoms with Crippen LogP contribution in [0.15, 0.2) is 217 Å². The molecule has 0 spiro atoms. The summed E-state index contributed by atoms with van der Waals surface area (Å²) >= 11 is 0. The van der Waals surface area contributed by atoms with E-state index in [1.807, 2.05) is 30.3 Å². The van der Waals surface area contributed by atoms with E-state index in [0.29, 0.717) is 17.5 Å². The summed E-state index contributed by atoms with van der Waals surface area (Å²) in [7, 11) is 0. The van der Waals surface area contributed by atoms with Gasteiger partial charge in [-0.1, -0.05) is 194 Å². The number of hydrogen-bond acceptors (Lipinski definition) is 4. The molecule has 0 saturated carbocycles. The lowest BCUT2D eigenvalue weighted by Crippen LogP contribution is -2.01. The van der Waals surface area contributed by atoms with Gasteiger partial charge in [-0.15, -0.1) is 0 Å². The number of fused-ring (bicyclic) bond motifs is 4. The third-order valence-corrected chi connectivity index (χ3v) is 11.2. The fourth-order valence-corrected chi connectivity index (χ4v) is 8.24. The van der Waals surface area contributed by atoms with Gasteiger partial charge in [-0.25, -0.2) is 15.0 Å². The fraction of sp³-hybridized carbons (Fsp3) is 0. The van der Waals surface area contributed by atoms with Crippen LogP contribution in [0, 0.1) is 0 Å². The van der Waals surface area contributed by atoms with Gasteiger partial charge in [0, 0.05) is 27.5 Å². The van der Waals surface area contributed by atoms with Gasteiger partial charge >= 0.3 is 0 Å². The molecule has 0 saturated heterocycles. The molecule has 9 aromatic carbocycles. The van der Waals surface area contributed by atoms with Crippen molar-refractivity contribution in [3.63, 3.8) is 0 Å². The van der Waals surface area contributed by atoms with Gasteiger partial charge in [0.25, 0.3) is 0 Å². The normalized spacial score (nSPS) is 11.4. The van der Waals surface area contributed by atoms with E-state index in [4.69, 9.17) is 19.4 Å². The first kappa shape index (κ1) is 34.3. The lowest BCUT2D eigenvalue weighted by atomic mass is 9.90. The van der Waals surface area contributed by atoms with Crippen molar-refractivity contribution in [2.24, 2.45) is 0 Å². The molecular weight excluding hydrogens is 719 g/mol. The third-order valence-electron chi connectivity index (χ3n) is 11.2. The largest absolute Gasteiger partial charge is 0.456 e. The summed E-state index contributed by atoms with van der Waals surface area (Å²) in [6.45, 7) is 0.